The molecule has 5 heteroatoms. The van der Waals surface area contributed by atoms with Crippen molar-refractivity contribution in [3.63, 3.8) is 0 Å². The standard InChI is InChI=1S/C13H19Cl2N3/c1-17(2)13(18(3)4)16-9-8-10-6-5-7-11(14)12(10)15/h5-7H,8-9H2,1-4H3. The van der Waals surface area contributed by atoms with Crippen molar-refractivity contribution in [2.75, 3.05) is 34.7 Å². The van der Waals surface area contributed by atoms with Crippen LogP contribution in [0.5, 0.6) is 0 Å². The lowest BCUT2D eigenvalue weighted by molar-refractivity contribution is 0.479. The van der Waals surface area contributed by atoms with Gasteiger partial charge in [-0.1, -0.05) is 35.3 Å². The van der Waals surface area contributed by atoms with Gasteiger partial charge in [-0.2, -0.15) is 0 Å². The Bertz CT molecular complexity index is 418. The molecule has 0 unspecified atom stereocenters. The van der Waals surface area contributed by atoms with E-state index in [9.17, 15) is 0 Å². The van der Waals surface area contributed by atoms with Gasteiger partial charge in [0.05, 0.1) is 10.0 Å². The van der Waals surface area contributed by atoms with Gasteiger partial charge in [0.15, 0.2) is 5.96 Å². The van der Waals surface area contributed by atoms with Crippen molar-refractivity contribution in [2.24, 2.45) is 4.99 Å². The van der Waals surface area contributed by atoms with E-state index in [1.54, 1.807) is 6.07 Å². The molecule has 0 N–H and O–H groups in total. The van der Waals surface area contributed by atoms with E-state index in [0.717, 1.165) is 17.9 Å². The lowest BCUT2D eigenvalue weighted by Gasteiger charge is -2.22. The first-order chi connectivity index (χ1) is 8.43. The molecule has 0 saturated carbocycles. The van der Waals surface area contributed by atoms with Crippen molar-refractivity contribution in [3.05, 3.63) is 33.8 Å². The molecule has 0 radical (unpaired) electrons. The largest absolute Gasteiger partial charge is 0.349 e. The highest BCUT2D eigenvalue weighted by atomic mass is 35.5. The maximum atomic E-state index is 6.13. The average molecular weight is 288 g/mol. The number of hydrogen-bond donors (Lipinski definition) is 0. The maximum Gasteiger partial charge on any atom is 0.195 e. The molecule has 0 amide bonds. The predicted molar refractivity (Wildman–Crippen MR) is 79.8 cm³/mol. The van der Waals surface area contributed by atoms with E-state index in [-0.39, 0.29) is 0 Å². The Morgan fingerprint density at radius 1 is 1.11 bits per heavy atom. The Balaban J connectivity index is 2.71. The van der Waals surface area contributed by atoms with Crippen molar-refractivity contribution in [1.82, 2.24) is 9.80 Å². The van der Waals surface area contributed by atoms with Crippen LogP contribution in [0.1, 0.15) is 5.56 Å². The van der Waals surface area contributed by atoms with Gasteiger partial charge in [-0.25, -0.2) is 0 Å². The third-order valence-electron chi connectivity index (χ3n) is 2.47. The van der Waals surface area contributed by atoms with Crippen molar-refractivity contribution in [3.8, 4) is 0 Å². The Morgan fingerprint density at radius 2 is 1.72 bits per heavy atom. The minimum Gasteiger partial charge on any atom is -0.349 e. The Hall–Kier alpha value is -0.930. The smallest absolute Gasteiger partial charge is 0.195 e. The van der Waals surface area contributed by atoms with Gasteiger partial charge in [0.1, 0.15) is 0 Å². The van der Waals surface area contributed by atoms with E-state index in [1.165, 1.54) is 0 Å². The first-order valence-electron chi connectivity index (χ1n) is 5.75. The molecule has 0 saturated heterocycles. The zero-order chi connectivity index (χ0) is 13.7. The summed E-state index contributed by atoms with van der Waals surface area (Å²) in [6.07, 6.45) is 0.782. The monoisotopic (exact) mass is 287 g/mol. The highest BCUT2D eigenvalue weighted by Crippen LogP contribution is 2.25. The molecule has 0 bridgehead atoms. The van der Waals surface area contributed by atoms with Crippen LogP contribution in [0.15, 0.2) is 23.2 Å². The summed E-state index contributed by atoms with van der Waals surface area (Å²) in [5.41, 5.74) is 1.03. The SMILES string of the molecule is CN(C)C(=NCCc1cccc(Cl)c1Cl)N(C)C. The number of benzene rings is 1. The molecule has 0 aliphatic carbocycles. The first-order valence-corrected chi connectivity index (χ1v) is 6.51. The molecular weight excluding hydrogens is 269 g/mol. The Kier molecular flexibility index (Phi) is 5.76. The lowest BCUT2D eigenvalue weighted by Crippen LogP contribution is -2.35. The second-order valence-electron chi connectivity index (χ2n) is 4.43. The molecular formula is C13H19Cl2N3. The zero-order valence-electron chi connectivity index (χ0n) is 11.2. The molecule has 1 aromatic carbocycles. The minimum atomic E-state index is 0.596. The van der Waals surface area contributed by atoms with Crippen LogP contribution in [0.25, 0.3) is 0 Å². The molecule has 0 spiro atoms. The summed E-state index contributed by atoms with van der Waals surface area (Å²) in [7, 11) is 7.91. The Labute approximate surface area is 119 Å². The molecule has 1 rings (SSSR count). The second kappa shape index (κ2) is 6.86. The van der Waals surface area contributed by atoms with E-state index in [0.29, 0.717) is 16.6 Å². The molecule has 0 aromatic heterocycles. The van der Waals surface area contributed by atoms with Gasteiger partial charge in [0.2, 0.25) is 0 Å². The van der Waals surface area contributed by atoms with Crippen molar-refractivity contribution in [2.45, 2.75) is 6.42 Å². The summed E-state index contributed by atoms with van der Waals surface area (Å²) in [5.74, 6) is 0.938. The molecule has 18 heavy (non-hydrogen) atoms. The number of guanidine groups is 1. The van der Waals surface area contributed by atoms with Gasteiger partial charge in [-0.15, -0.1) is 0 Å². The predicted octanol–water partition coefficient (Wildman–Crippen LogP) is 3.02. The molecule has 100 valence electrons. The highest BCUT2D eigenvalue weighted by Gasteiger charge is 2.06. The first kappa shape index (κ1) is 15.1. The van der Waals surface area contributed by atoms with E-state index in [4.69, 9.17) is 23.2 Å². The fourth-order valence-corrected chi connectivity index (χ4v) is 2.12. The van der Waals surface area contributed by atoms with Crippen LogP contribution in [-0.4, -0.2) is 50.5 Å². The molecule has 3 nitrogen and oxygen atoms in total. The van der Waals surface area contributed by atoms with Gasteiger partial charge < -0.3 is 9.80 Å². The maximum absolute atomic E-state index is 6.13. The van der Waals surface area contributed by atoms with Crippen LogP contribution in [0.3, 0.4) is 0 Å². The zero-order valence-corrected chi connectivity index (χ0v) is 12.8. The molecule has 0 aliphatic rings. The third kappa shape index (κ3) is 4.07. The summed E-state index contributed by atoms with van der Waals surface area (Å²) >= 11 is 12.1. The van der Waals surface area contributed by atoms with E-state index >= 15 is 0 Å². The summed E-state index contributed by atoms with van der Waals surface area (Å²) in [5, 5.41) is 1.23. The Morgan fingerprint density at radius 3 is 2.28 bits per heavy atom. The van der Waals surface area contributed by atoms with Gasteiger partial charge in [-0.05, 0) is 18.1 Å². The molecule has 0 heterocycles. The average Bonchev–Trinajstić information content (AvgIpc) is 2.28. The molecule has 1 aromatic rings. The van der Waals surface area contributed by atoms with Crippen LogP contribution >= 0.6 is 23.2 Å². The number of hydrogen-bond acceptors (Lipinski definition) is 1. The van der Waals surface area contributed by atoms with Crippen molar-refractivity contribution >= 4 is 29.2 Å². The van der Waals surface area contributed by atoms with Crippen LogP contribution in [0.2, 0.25) is 10.0 Å². The van der Waals surface area contributed by atoms with Gasteiger partial charge in [0.25, 0.3) is 0 Å². The topological polar surface area (TPSA) is 18.8 Å². The summed E-state index contributed by atoms with van der Waals surface area (Å²) < 4.78 is 0. The summed E-state index contributed by atoms with van der Waals surface area (Å²) in [6, 6.07) is 5.68. The summed E-state index contributed by atoms with van der Waals surface area (Å²) in [6.45, 7) is 0.686. The highest BCUT2D eigenvalue weighted by molar-refractivity contribution is 6.42. The fraction of sp³-hybridized carbons (Fsp3) is 0.462. The van der Waals surface area contributed by atoms with Gasteiger partial charge in [-0.3, -0.25) is 4.99 Å². The van der Waals surface area contributed by atoms with Gasteiger partial charge in [0, 0.05) is 34.7 Å². The van der Waals surface area contributed by atoms with Crippen LogP contribution in [0.4, 0.5) is 0 Å². The second-order valence-corrected chi connectivity index (χ2v) is 5.22. The normalized spacial score (nSPS) is 10.1. The molecule has 0 fully saturated rings. The number of nitrogens with zero attached hydrogens (tertiary/aromatic N) is 3. The number of aliphatic imine (C=N–C) groups is 1. The fourth-order valence-electron chi connectivity index (χ4n) is 1.70. The van der Waals surface area contributed by atoms with E-state index in [1.807, 2.05) is 50.1 Å². The molecule has 0 atom stereocenters. The van der Waals surface area contributed by atoms with Crippen LogP contribution < -0.4 is 0 Å². The minimum absolute atomic E-state index is 0.596. The summed E-state index contributed by atoms with van der Waals surface area (Å²) in [4.78, 5) is 8.53. The van der Waals surface area contributed by atoms with Crippen LogP contribution in [0, 0.1) is 0 Å². The van der Waals surface area contributed by atoms with Crippen LogP contribution in [-0.2, 0) is 6.42 Å². The van der Waals surface area contributed by atoms with E-state index < -0.39 is 0 Å². The lowest BCUT2D eigenvalue weighted by atomic mass is 10.1. The number of rotatable bonds is 3. The van der Waals surface area contributed by atoms with E-state index in [2.05, 4.69) is 4.99 Å². The molecule has 0 aliphatic heterocycles. The van der Waals surface area contributed by atoms with Crippen molar-refractivity contribution in [1.29, 1.82) is 0 Å². The quantitative estimate of drug-likeness (QED) is 0.629. The van der Waals surface area contributed by atoms with Crippen molar-refractivity contribution < 1.29 is 0 Å². The number of halogens is 2. The van der Waals surface area contributed by atoms with Gasteiger partial charge >= 0.3 is 0 Å². The third-order valence-corrected chi connectivity index (χ3v) is 3.32.